The van der Waals surface area contributed by atoms with Crippen LogP contribution in [-0.2, 0) is 13.0 Å². The van der Waals surface area contributed by atoms with E-state index >= 15 is 0 Å². The highest BCUT2D eigenvalue weighted by Gasteiger charge is 2.24. The SMILES string of the molecule is CCn1c2ccccc2c2cc([C@H]3NCCc4[nH]cnc43)ccc21. The molecule has 0 fully saturated rings. The van der Waals surface area contributed by atoms with E-state index in [1.54, 1.807) is 0 Å². The topological polar surface area (TPSA) is 45.6 Å². The summed E-state index contributed by atoms with van der Waals surface area (Å²) in [5.41, 5.74) is 6.30. The first-order valence-electron chi connectivity index (χ1n) is 8.63. The lowest BCUT2D eigenvalue weighted by Crippen LogP contribution is -2.30. The van der Waals surface area contributed by atoms with E-state index < -0.39 is 0 Å². The summed E-state index contributed by atoms with van der Waals surface area (Å²) in [5, 5.41) is 6.28. The predicted molar refractivity (Wildman–Crippen MR) is 97.3 cm³/mol. The van der Waals surface area contributed by atoms with Gasteiger partial charge in [-0.1, -0.05) is 24.3 Å². The number of imidazole rings is 1. The van der Waals surface area contributed by atoms with Crippen molar-refractivity contribution in [3.8, 4) is 0 Å². The molecule has 0 bridgehead atoms. The van der Waals surface area contributed by atoms with Crippen LogP contribution in [0.4, 0.5) is 0 Å². The molecule has 3 heterocycles. The van der Waals surface area contributed by atoms with Crippen LogP contribution in [0.2, 0.25) is 0 Å². The number of fused-ring (bicyclic) bond motifs is 4. The Kier molecular flexibility index (Phi) is 3.00. The third kappa shape index (κ3) is 1.86. The molecular weight excluding hydrogens is 296 g/mol. The molecule has 0 amide bonds. The third-order valence-electron chi connectivity index (χ3n) is 5.19. The quantitative estimate of drug-likeness (QED) is 0.591. The second-order valence-electron chi connectivity index (χ2n) is 6.44. The highest BCUT2D eigenvalue weighted by atomic mass is 15.0. The number of nitrogens with zero attached hydrogens (tertiary/aromatic N) is 2. The predicted octanol–water partition coefficient (Wildman–Crippen LogP) is 3.77. The van der Waals surface area contributed by atoms with Crippen LogP contribution in [0, 0.1) is 0 Å². The molecule has 4 heteroatoms. The molecule has 24 heavy (non-hydrogen) atoms. The summed E-state index contributed by atoms with van der Waals surface area (Å²) < 4.78 is 2.39. The van der Waals surface area contributed by atoms with Gasteiger partial charge in [-0.2, -0.15) is 0 Å². The number of benzene rings is 2. The first-order chi connectivity index (χ1) is 11.9. The number of aryl methyl sites for hydroxylation is 1. The molecule has 0 aliphatic carbocycles. The molecule has 5 rings (SSSR count). The van der Waals surface area contributed by atoms with E-state index in [1.165, 1.54) is 33.1 Å². The van der Waals surface area contributed by atoms with E-state index in [1.807, 2.05) is 6.33 Å². The van der Waals surface area contributed by atoms with Gasteiger partial charge in [-0.3, -0.25) is 0 Å². The molecule has 4 nitrogen and oxygen atoms in total. The maximum absolute atomic E-state index is 4.56. The smallest absolute Gasteiger partial charge is 0.0926 e. The van der Waals surface area contributed by atoms with Crippen LogP contribution in [0.25, 0.3) is 21.8 Å². The fraction of sp³-hybridized carbons (Fsp3) is 0.250. The molecule has 0 unspecified atom stereocenters. The molecular formula is C20H20N4. The van der Waals surface area contributed by atoms with Crippen molar-refractivity contribution in [1.82, 2.24) is 19.9 Å². The molecule has 2 aromatic carbocycles. The highest BCUT2D eigenvalue weighted by Crippen LogP contribution is 2.33. The van der Waals surface area contributed by atoms with Crippen molar-refractivity contribution in [2.75, 3.05) is 6.54 Å². The zero-order valence-corrected chi connectivity index (χ0v) is 13.7. The number of nitrogens with one attached hydrogen (secondary N) is 2. The Bertz CT molecular complexity index is 1040. The number of aromatic nitrogens is 3. The van der Waals surface area contributed by atoms with Gasteiger partial charge in [-0.05, 0) is 30.7 Å². The maximum atomic E-state index is 4.56. The molecule has 0 spiro atoms. The van der Waals surface area contributed by atoms with Crippen LogP contribution in [0.5, 0.6) is 0 Å². The minimum absolute atomic E-state index is 0.174. The molecule has 2 aromatic heterocycles. The summed E-state index contributed by atoms with van der Waals surface area (Å²) in [7, 11) is 0. The molecule has 1 atom stereocenters. The van der Waals surface area contributed by atoms with E-state index in [-0.39, 0.29) is 6.04 Å². The van der Waals surface area contributed by atoms with Gasteiger partial charge >= 0.3 is 0 Å². The molecule has 0 saturated heterocycles. The maximum Gasteiger partial charge on any atom is 0.0926 e. The second kappa shape index (κ2) is 5.21. The van der Waals surface area contributed by atoms with Crippen LogP contribution in [-0.4, -0.2) is 21.1 Å². The van der Waals surface area contributed by atoms with E-state index in [0.717, 1.165) is 25.2 Å². The van der Waals surface area contributed by atoms with Gasteiger partial charge in [0, 0.05) is 47.0 Å². The van der Waals surface area contributed by atoms with Crippen LogP contribution >= 0.6 is 0 Å². The summed E-state index contributed by atoms with van der Waals surface area (Å²) in [6.45, 7) is 4.17. The monoisotopic (exact) mass is 316 g/mol. The summed E-state index contributed by atoms with van der Waals surface area (Å²) in [6, 6.07) is 15.7. The third-order valence-corrected chi connectivity index (χ3v) is 5.19. The average Bonchev–Trinajstić information content (AvgIpc) is 3.23. The van der Waals surface area contributed by atoms with Crippen molar-refractivity contribution >= 4 is 21.8 Å². The summed E-state index contributed by atoms with van der Waals surface area (Å²) in [5.74, 6) is 0. The standard InChI is InChI=1S/C20H20N4/c1-2-24-17-6-4-3-5-14(17)15-11-13(7-8-18(15)24)19-20-16(9-10-21-19)22-12-23-20/h3-8,11-12,19,21H,2,9-10H2,1H3,(H,22,23)/t19-/m1/s1. The lowest BCUT2D eigenvalue weighted by molar-refractivity contribution is 0.554. The van der Waals surface area contributed by atoms with Crippen LogP contribution in [0.15, 0.2) is 48.8 Å². The van der Waals surface area contributed by atoms with Crippen molar-refractivity contribution in [1.29, 1.82) is 0 Å². The number of hydrogen-bond donors (Lipinski definition) is 2. The zero-order valence-electron chi connectivity index (χ0n) is 13.7. The van der Waals surface area contributed by atoms with E-state index in [9.17, 15) is 0 Å². The molecule has 0 radical (unpaired) electrons. The number of hydrogen-bond acceptors (Lipinski definition) is 2. The first kappa shape index (κ1) is 13.8. The van der Waals surface area contributed by atoms with Crippen molar-refractivity contribution in [3.63, 3.8) is 0 Å². The Balaban J connectivity index is 1.74. The van der Waals surface area contributed by atoms with E-state index in [0.29, 0.717) is 0 Å². The van der Waals surface area contributed by atoms with Crippen LogP contribution < -0.4 is 5.32 Å². The highest BCUT2D eigenvalue weighted by molar-refractivity contribution is 6.08. The Hall–Kier alpha value is -2.59. The number of H-pyrrole nitrogens is 1. The largest absolute Gasteiger partial charge is 0.348 e. The second-order valence-corrected chi connectivity index (χ2v) is 6.44. The van der Waals surface area contributed by atoms with Gasteiger partial charge < -0.3 is 14.9 Å². The van der Waals surface area contributed by atoms with Crippen molar-refractivity contribution in [2.24, 2.45) is 0 Å². The zero-order chi connectivity index (χ0) is 16.1. The Morgan fingerprint density at radius 3 is 2.92 bits per heavy atom. The van der Waals surface area contributed by atoms with Crippen molar-refractivity contribution < 1.29 is 0 Å². The lowest BCUT2D eigenvalue weighted by Gasteiger charge is -2.23. The van der Waals surface area contributed by atoms with Crippen molar-refractivity contribution in [3.05, 3.63) is 65.7 Å². The molecule has 0 saturated carbocycles. The van der Waals surface area contributed by atoms with Gasteiger partial charge in [0.2, 0.25) is 0 Å². The number of para-hydroxylation sites is 1. The Morgan fingerprint density at radius 2 is 2.00 bits per heavy atom. The van der Waals surface area contributed by atoms with Crippen LogP contribution in [0.1, 0.15) is 29.9 Å². The fourth-order valence-electron chi connectivity index (χ4n) is 4.09. The van der Waals surface area contributed by atoms with Gasteiger partial charge in [-0.15, -0.1) is 0 Å². The average molecular weight is 316 g/mol. The van der Waals surface area contributed by atoms with Gasteiger partial charge in [-0.25, -0.2) is 4.98 Å². The molecule has 2 N–H and O–H groups in total. The summed E-state index contributed by atoms with van der Waals surface area (Å²) in [4.78, 5) is 7.84. The van der Waals surface area contributed by atoms with Crippen molar-refractivity contribution in [2.45, 2.75) is 25.9 Å². The summed E-state index contributed by atoms with van der Waals surface area (Å²) >= 11 is 0. The van der Waals surface area contributed by atoms with Gasteiger partial charge in [0.1, 0.15) is 0 Å². The first-order valence-corrected chi connectivity index (χ1v) is 8.63. The van der Waals surface area contributed by atoms with Gasteiger partial charge in [0.15, 0.2) is 0 Å². The van der Waals surface area contributed by atoms with E-state index in [2.05, 4.69) is 69.2 Å². The molecule has 4 aromatic rings. The number of aromatic amines is 1. The minimum Gasteiger partial charge on any atom is -0.348 e. The van der Waals surface area contributed by atoms with Crippen LogP contribution in [0.3, 0.4) is 0 Å². The molecule has 120 valence electrons. The number of rotatable bonds is 2. The molecule has 1 aliphatic heterocycles. The fourth-order valence-corrected chi connectivity index (χ4v) is 4.09. The minimum atomic E-state index is 0.174. The van der Waals surface area contributed by atoms with E-state index in [4.69, 9.17) is 0 Å². The van der Waals surface area contributed by atoms with Gasteiger partial charge in [0.25, 0.3) is 0 Å². The molecule has 1 aliphatic rings. The lowest BCUT2D eigenvalue weighted by atomic mass is 9.96. The van der Waals surface area contributed by atoms with Gasteiger partial charge in [0.05, 0.1) is 18.1 Å². The summed E-state index contributed by atoms with van der Waals surface area (Å²) in [6.07, 6.45) is 2.83. The Morgan fingerprint density at radius 1 is 1.12 bits per heavy atom. The Labute approximate surface area is 140 Å². The normalized spacial score (nSPS) is 17.5.